The van der Waals surface area contributed by atoms with Gasteiger partial charge in [0.25, 0.3) is 5.97 Å². The predicted molar refractivity (Wildman–Crippen MR) is 126 cm³/mol. The second kappa shape index (κ2) is 15.1. The van der Waals surface area contributed by atoms with Crippen LogP contribution >= 0.6 is 11.8 Å². The van der Waals surface area contributed by atoms with E-state index < -0.39 is 5.97 Å². The molecule has 166 valence electrons. The van der Waals surface area contributed by atoms with E-state index in [1.165, 1.54) is 37.7 Å². The summed E-state index contributed by atoms with van der Waals surface area (Å²) in [4.78, 5) is 0. The summed E-state index contributed by atoms with van der Waals surface area (Å²) in [5.41, 5.74) is 1.02. The minimum Gasteiger partial charge on any atom is -0.330 e. The Labute approximate surface area is 183 Å². The normalized spacial score (nSPS) is 13.9. The average Bonchev–Trinajstić information content (AvgIpc) is 2.77. The lowest BCUT2D eigenvalue weighted by molar-refractivity contribution is -0.399. The molecule has 0 N–H and O–H groups in total. The molecule has 4 heteroatoms. The van der Waals surface area contributed by atoms with Crippen molar-refractivity contribution in [1.29, 1.82) is 0 Å². The predicted octanol–water partition coefficient (Wildman–Crippen LogP) is 7.22. The summed E-state index contributed by atoms with van der Waals surface area (Å²) in [6, 6.07) is 10.6. The number of unbranched alkanes of at least 4 members (excludes halogenated alkanes) is 5. The fourth-order valence-corrected chi connectivity index (χ4v) is 5.02. The third-order valence-corrected chi connectivity index (χ3v) is 6.92. The molecule has 0 fully saturated rings. The molecule has 0 bridgehead atoms. The second-order valence-electron chi connectivity index (χ2n) is 7.69. The molecule has 0 aromatic heterocycles. The number of thioether (sulfide) groups is 1. The number of benzene rings is 1. The highest BCUT2D eigenvalue weighted by Gasteiger charge is 2.51. The van der Waals surface area contributed by atoms with Gasteiger partial charge in [-0.1, -0.05) is 81.9 Å². The van der Waals surface area contributed by atoms with Crippen molar-refractivity contribution in [3.8, 4) is 0 Å². The molecule has 0 aliphatic carbocycles. The second-order valence-corrected chi connectivity index (χ2v) is 8.79. The molecule has 0 amide bonds. The fourth-order valence-electron chi connectivity index (χ4n) is 4.09. The van der Waals surface area contributed by atoms with Crippen LogP contribution in [-0.4, -0.2) is 33.1 Å². The summed E-state index contributed by atoms with van der Waals surface area (Å²) in [5, 5.41) is 0. The van der Waals surface area contributed by atoms with Crippen LogP contribution < -0.4 is 0 Å². The van der Waals surface area contributed by atoms with Crippen LogP contribution in [0.15, 0.2) is 43.0 Å². The van der Waals surface area contributed by atoms with E-state index in [9.17, 15) is 0 Å². The van der Waals surface area contributed by atoms with Gasteiger partial charge in [0.1, 0.15) is 0 Å². The molecule has 0 aliphatic heterocycles. The van der Waals surface area contributed by atoms with Crippen LogP contribution in [0.25, 0.3) is 0 Å². The van der Waals surface area contributed by atoms with E-state index in [0.717, 1.165) is 37.2 Å². The number of hydrogen-bond donors (Lipinski definition) is 0. The molecule has 0 spiro atoms. The molecule has 1 aromatic rings. The first kappa shape index (κ1) is 26.2. The molecule has 0 aliphatic rings. The molecule has 1 aromatic carbocycles. The maximum atomic E-state index is 5.79. The van der Waals surface area contributed by atoms with E-state index in [1.807, 2.05) is 17.8 Å². The van der Waals surface area contributed by atoms with Crippen molar-refractivity contribution in [3.63, 3.8) is 0 Å². The molecule has 1 unspecified atom stereocenters. The summed E-state index contributed by atoms with van der Waals surface area (Å²) in [6.07, 6.45) is 12.5. The van der Waals surface area contributed by atoms with E-state index in [0.29, 0.717) is 0 Å². The molecular weight excluding hydrogens is 380 g/mol. The van der Waals surface area contributed by atoms with Crippen LogP contribution in [0.2, 0.25) is 0 Å². The third kappa shape index (κ3) is 8.09. The van der Waals surface area contributed by atoms with E-state index in [1.54, 1.807) is 21.3 Å². The van der Waals surface area contributed by atoms with Gasteiger partial charge in [-0.25, -0.2) is 0 Å². The zero-order valence-corrected chi connectivity index (χ0v) is 19.9. The van der Waals surface area contributed by atoms with Crippen LogP contribution in [0.4, 0.5) is 0 Å². The van der Waals surface area contributed by atoms with Crippen molar-refractivity contribution < 1.29 is 14.2 Å². The average molecular weight is 423 g/mol. The number of hydrogen-bond acceptors (Lipinski definition) is 4. The lowest BCUT2D eigenvalue weighted by Crippen LogP contribution is -2.52. The Balaban J connectivity index is 2.66. The number of rotatable bonds is 18. The minimum absolute atomic E-state index is 0.358. The van der Waals surface area contributed by atoms with Gasteiger partial charge in [0, 0.05) is 27.1 Å². The Bertz CT molecular complexity index is 522. The first-order valence-electron chi connectivity index (χ1n) is 11.0. The first-order chi connectivity index (χ1) is 14.1. The highest BCUT2D eigenvalue weighted by atomic mass is 32.2. The van der Waals surface area contributed by atoms with Crippen LogP contribution in [0.3, 0.4) is 0 Å². The SMILES string of the molecule is C=CC(CCCCCCCC)(CCCSCc1ccccc1)C(OC)(OC)OC. The van der Waals surface area contributed by atoms with Gasteiger partial charge in [-0.3, -0.25) is 0 Å². The Kier molecular flexibility index (Phi) is 13.6. The van der Waals surface area contributed by atoms with Gasteiger partial charge in [0.2, 0.25) is 0 Å². The molecule has 0 saturated carbocycles. The fraction of sp³-hybridized carbons (Fsp3) is 0.680. The lowest BCUT2D eigenvalue weighted by Gasteiger charge is -2.45. The molecule has 0 saturated heterocycles. The van der Waals surface area contributed by atoms with Crippen LogP contribution in [0.1, 0.15) is 70.3 Å². The lowest BCUT2D eigenvalue weighted by atomic mass is 9.75. The van der Waals surface area contributed by atoms with Crippen molar-refractivity contribution in [2.24, 2.45) is 5.41 Å². The van der Waals surface area contributed by atoms with Gasteiger partial charge >= 0.3 is 0 Å². The van der Waals surface area contributed by atoms with Gasteiger partial charge in [0.05, 0.1) is 5.41 Å². The summed E-state index contributed by atoms with van der Waals surface area (Å²) in [6.45, 7) is 6.42. The first-order valence-corrected chi connectivity index (χ1v) is 12.2. The van der Waals surface area contributed by atoms with E-state index in [4.69, 9.17) is 14.2 Å². The Morgan fingerprint density at radius 3 is 2.03 bits per heavy atom. The third-order valence-electron chi connectivity index (χ3n) is 5.81. The molecule has 29 heavy (non-hydrogen) atoms. The summed E-state index contributed by atoms with van der Waals surface area (Å²) < 4.78 is 17.4. The maximum Gasteiger partial charge on any atom is 0.291 e. The smallest absolute Gasteiger partial charge is 0.291 e. The van der Waals surface area contributed by atoms with Crippen molar-refractivity contribution in [2.45, 2.75) is 76.4 Å². The van der Waals surface area contributed by atoms with Gasteiger partial charge in [-0.05, 0) is 30.6 Å². The topological polar surface area (TPSA) is 27.7 Å². The molecule has 0 radical (unpaired) electrons. The standard InChI is InChI=1S/C25H42O3S/c1-6-8-9-10-11-15-19-24(7-2,25(26-3,27-4)28-5)20-16-21-29-22-23-17-13-12-14-18-23/h7,12-14,17-18H,2,6,8-11,15-16,19-22H2,1,3-5H3. The van der Waals surface area contributed by atoms with E-state index in [-0.39, 0.29) is 5.41 Å². The Morgan fingerprint density at radius 1 is 0.862 bits per heavy atom. The monoisotopic (exact) mass is 422 g/mol. The molecule has 1 atom stereocenters. The number of ether oxygens (including phenoxy) is 3. The highest BCUT2D eigenvalue weighted by Crippen LogP contribution is 2.46. The van der Waals surface area contributed by atoms with E-state index >= 15 is 0 Å². The van der Waals surface area contributed by atoms with Crippen LogP contribution in [0, 0.1) is 5.41 Å². The van der Waals surface area contributed by atoms with Crippen LogP contribution in [-0.2, 0) is 20.0 Å². The molecule has 0 heterocycles. The van der Waals surface area contributed by atoms with Crippen molar-refractivity contribution in [2.75, 3.05) is 27.1 Å². The Morgan fingerprint density at radius 2 is 1.45 bits per heavy atom. The van der Waals surface area contributed by atoms with Gasteiger partial charge in [-0.2, -0.15) is 11.8 Å². The zero-order chi connectivity index (χ0) is 21.4. The summed E-state index contributed by atoms with van der Waals surface area (Å²) in [5.74, 6) is 1.06. The molecule has 3 nitrogen and oxygen atoms in total. The van der Waals surface area contributed by atoms with E-state index in [2.05, 4.69) is 43.8 Å². The summed E-state index contributed by atoms with van der Waals surface area (Å²) >= 11 is 1.97. The van der Waals surface area contributed by atoms with Crippen LogP contribution in [0.5, 0.6) is 0 Å². The van der Waals surface area contributed by atoms with Gasteiger partial charge in [0.15, 0.2) is 0 Å². The minimum atomic E-state index is -1.08. The number of methoxy groups -OCH3 is 3. The summed E-state index contributed by atoms with van der Waals surface area (Å²) in [7, 11) is 4.99. The van der Waals surface area contributed by atoms with Gasteiger partial charge in [-0.15, -0.1) is 6.58 Å². The quantitative estimate of drug-likeness (QED) is 0.142. The largest absolute Gasteiger partial charge is 0.330 e. The molecular formula is C25H42O3S. The highest BCUT2D eigenvalue weighted by molar-refractivity contribution is 7.98. The van der Waals surface area contributed by atoms with Crippen molar-refractivity contribution >= 4 is 11.8 Å². The molecule has 1 rings (SSSR count). The van der Waals surface area contributed by atoms with Gasteiger partial charge < -0.3 is 14.2 Å². The maximum absolute atomic E-state index is 5.79. The Hall–Kier alpha value is -0.810. The zero-order valence-electron chi connectivity index (χ0n) is 19.1. The van der Waals surface area contributed by atoms with Crippen molar-refractivity contribution in [3.05, 3.63) is 48.6 Å². The van der Waals surface area contributed by atoms with Crippen molar-refractivity contribution in [1.82, 2.24) is 0 Å².